The molecule has 1 unspecified atom stereocenters. The molecule has 0 amide bonds. The first kappa shape index (κ1) is 14.5. The minimum atomic E-state index is -0.450. The fourth-order valence-corrected chi connectivity index (χ4v) is 5.29. The van der Waals surface area contributed by atoms with Crippen molar-refractivity contribution in [3.05, 3.63) is 0 Å². The molecular formula is C15H30O2Si. The van der Waals surface area contributed by atoms with Gasteiger partial charge in [0.25, 0.3) is 0 Å². The quantitative estimate of drug-likeness (QED) is 0.690. The zero-order chi connectivity index (χ0) is 12.8. The Morgan fingerprint density at radius 1 is 1.22 bits per heavy atom. The number of hydrogen-bond donors (Lipinski definition) is 0. The second-order valence-corrected chi connectivity index (χ2v) is 8.46. The van der Waals surface area contributed by atoms with Crippen molar-refractivity contribution in [2.75, 3.05) is 13.2 Å². The Labute approximate surface area is 115 Å². The van der Waals surface area contributed by atoms with Gasteiger partial charge in [0.05, 0.1) is 5.73 Å². The van der Waals surface area contributed by atoms with E-state index in [0.717, 1.165) is 19.1 Å². The third-order valence-electron chi connectivity index (χ3n) is 4.49. The zero-order valence-electron chi connectivity index (χ0n) is 12.2. The van der Waals surface area contributed by atoms with Crippen LogP contribution < -0.4 is 0 Å². The molecular weight excluding hydrogens is 240 g/mol. The SMILES string of the molecule is CC(C)CC1(CO[SiH2]C2CCCO2)CCCCC1. The van der Waals surface area contributed by atoms with Crippen LogP contribution in [0.3, 0.4) is 0 Å². The minimum Gasteiger partial charge on any atom is -0.421 e. The van der Waals surface area contributed by atoms with Gasteiger partial charge in [-0.1, -0.05) is 33.1 Å². The third kappa shape index (κ3) is 4.36. The Bertz CT molecular complexity index is 231. The monoisotopic (exact) mass is 270 g/mol. The van der Waals surface area contributed by atoms with Crippen molar-refractivity contribution in [2.24, 2.45) is 11.3 Å². The molecule has 1 atom stereocenters. The lowest BCUT2D eigenvalue weighted by molar-refractivity contribution is 0.0670. The van der Waals surface area contributed by atoms with Gasteiger partial charge in [-0.3, -0.25) is 0 Å². The van der Waals surface area contributed by atoms with Crippen LogP contribution in [-0.4, -0.2) is 28.7 Å². The summed E-state index contributed by atoms with van der Waals surface area (Å²) in [6.07, 6.45) is 10.9. The molecule has 0 aromatic heterocycles. The highest BCUT2D eigenvalue weighted by atomic mass is 28.2. The standard InChI is InChI=1S/C15H30O2Si/c1-13(2)11-15(8-4-3-5-9-15)12-17-18-14-7-6-10-16-14/h13-14H,3-12,18H2,1-2H3. The smallest absolute Gasteiger partial charge is 0.190 e. The second-order valence-electron chi connectivity index (χ2n) is 6.81. The van der Waals surface area contributed by atoms with Gasteiger partial charge in [0.1, 0.15) is 0 Å². The molecule has 1 aliphatic carbocycles. The van der Waals surface area contributed by atoms with Gasteiger partial charge in [-0.15, -0.1) is 0 Å². The maximum Gasteiger partial charge on any atom is 0.190 e. The van der Waals surface area contributed by atoms with Crippen LogP contribution in [0.25, 0.3) is 0 Å². The summed E-state index contributed by atoms with van der Waals surface area (Å²) in [6, 6.07) is 0. The summed E-state index contributed by atoms with van der Waals surface area (Å²) in [7, 11) is -0.450. The topological polar surface area (TPSA) is 18.5 Å². The van der Waals surface area contributed by atoms with Crippen LogP contribution in [0.5, 0.6) is 0 Å². The Morgan fingerprint density at radius 3 is 2.61 bits per heavy atom. The molecule has 0 spiro atoms. The molecule has 1 heterocycles. The lowest BCUT2D eigenvalue weighted by Crippen LogP contribution is -2.33. The summed E-state index contributed by atoms with van der Waals surface area (Å²) >= 11 is 0. The third-order valence-corrected chi connectivity index (χ3v) is 5.95. The second kappa shape index (κ2) is 7.06. The first-order valence-corrected chi connectivity index (χ1v) is 9.29. The Kier molecular flexibility index (Phi) is 5.71. The van der Waals surface area contributed by atoms with Gasteiger partial charge in [0.2, 0.25) is 0 Å². The summed E-state index contributed by atoms with van der Waals surface area (Å²) in [5.74, 6) is 0.802. The average Bonchev–Trinajstić information content (AvgIpc) is 2.82. The van der Waals surface area contributed by atoms with Crippen molar-refractivity contribution in [2.45, 2.75) is 70.9 Å². The average molecular weight is 270 g/mol. The number of ether oxygens (including phenoxy) is 1. The van der Waals surface area contributed by atoms with E-state index >= 15 is 0 Å². The summed E-state index contributed by atoms with van der Waals surface area (Å²) in [6.45, 7) is 6.71. The van der Waals surface area contributed by atoms with Crippen LogP contribution in [0, 0.1) is 11.3 Å². The molecule has 2 aliphatic rings. The number of rotatable bonds is 6. The summed E-state index contributed by atoms with van der Waals surface area (Å²) in [5, 5.41) is 0. The zero-order valence-corrected chi connectivity index (χ0v) is 13.7. The van der Waals surface area contributed by atoms with Crippen LogP contribution >= 0.6 is 0 Å². The van der Waals surface area contributed by atoms with Crippen LogP contribution in [0.1, 0.15) is 65.2 Å². The van der Waals surface area contributed by atoms with Crippen LogP contribution in [0.15, 0.2) is 0 Å². The molecule has 0 bridgehead atoms. The molecule has 0 radical (unpaired) electrons. The van der Waals surface area contributed by atoms with E-state index in [-0.39, 0.29) is 0 Å². The summed E-state index contributed by atoms with van der Waals surface area (Å²) in [5.41, 5.74) is 1.03. The van der Waals surface area contributed by atoms with E-state index < -0.39 is 9.76 Å². The molecule has 2 nitrogen and oxygen atoms in total. The fraction of sp³-hybridized carbons (Fsp3) is 1.00. The largest absolute Gasteiger partial charge is 0.421 e. The van der Waals surface area contributed by atoms with Gasteiger partial charge in [-0.2, -0.15) is 0 Å². The summed E-state index contributed by atoms with van der Waals surface area (Å²) < 4.78 is 11.9. The van der Waals surface area contributed by atoms with Gasteiger partial charge in [0, 0.05) is 13.2 Å². The Hall–Kier alpha value is 0.137. The molecule has 0 aromatic rings. The van der Waals surface area contributed by atoms with Crippen molar-refractivity contribution < 1.29 is 9.16 Å². The van der Waals surface area contributed by atoms with E-state index in [1.807, 2.05) is 0 Å². The van der Waals surface area contributed by atoms with Crippen molar-refractivity contribution in [3.8, 4) is 0 Å². The molecule has 2 rings (SSSR count). The molecule has 1 saturated heterocycles. The first-order valence-electron chi connectivity index (χ1n) is 7.90. The molecule has 3 heteroatoms. The molecule has 2 fully saturated rings. The maximum atomic E-state index is 6.18. The van der Waals surface area contributed by atoms with Crippen molar-refractivity contribution in [1.82, 2.24) is 0 Å². The van der Waals surface area contributed by atoms with Crippen molar-refractivity contribution in [1.29, 1.82) is 0 Å². The predicted octanol–water partition coefficient (Wildman–Crippen LogP) is 3.22. The van der Waals surface area contributed by atoms with Gasteiger partial charge in [0.15, 0.2) is 9.76 Å². The van der Waals surface area contributed by atoms with E-state index in [2.05, 4.69) is 13.8 Å². The normalized spacial score (nSPS) is 28.5. The van der Waals surface area contributed by atoms with Gasteiger partial charge in [-0.25, -0.2) is 0 Å². The molecule has 1 aliphatic heterocycles. The highest BCUT2D eigenvalue weighted by Gasteiger charge is 2.33. The molecule has 0 N–H and O–H groups in total. The summed E-state index contributed by atoms with van der Waals surface area (Å²) in [4.78, 5) is 0. The van der Waals surface area contributed by atoms with Crippen molar-refractivity contribution in [3.63, 3.8) is 0 Å². The Morgan fingerprint density at radius 2 is 2.00 bits per heavy atom. The van der Waals surface area contributed by atoms with Crippen LogP contribution in [0.4, 0.5) is 0 Å². The molecule has 1 saturated carbocycles. The highest BCUT2D eigenvalue weighted by molar-refractivity contribution is 6.29. The lowest BCUT2D eigenvalue weighted by atomic mass is 9.70. The van der Waals surface area contributed by atoms with E-state index in [1.165, 1.54) is 51.4 Å². The van der Waals surface area contributed by atoms with Gasteiger partial charge < -0.3 is 9.16 Å². The van der Waals surface area contributed by atoms with Gasteiger partial charge in [-0.05, 0) is 43.4 Å². The molecule has 18 heavy (non-hydrogen) atoms. The first-order chi connectivity index (χ1) is 8.70. The lowest BCUT2D eigenvalue weighted by Gasteiger charge is -2.39. The van der Waals surface area contributed by atoms with Crippen LogP contribution in [-0.2, 0) is 9.16 Å². The van der Waals surface area contributed by atoms with E-state index in [4.69, 9.17) is 9.16 Å². The minimum absolute atomic E-state index is 0.450. The predicted molar refractivity (Wildman–Crippen MR) is 78.4 cm³/mol. The van der Waals surface area contributed by atoms with Gasteiger partial charge >= 0.3 is 0 Å². The van der Waals surface area contributed by atoms with Crippen LogP contribution in [0.2, 0.25) is 0 Å². The Balaban J connectivity index is 1.76. The highest BCUT2D eigenvalue weighted by Crippen LogP contribution is 2.41. The van der Waals surface area contributed by atoms with E-state index in [9.17, 15) is 0 Å². The molecule has 0 aromatic carbocycles. The van der Waals surface area contributed by atoms with E-state index in [1.54, 1.807) is 0 Å². The van der Waals surface area contributed by atoms with E-state index in [0.29, 0.717) is 11.1 Å². The van der Waals surface area contributed by atoms with Crippen molar-refractivity contribution >= 4 is 9.76 Å². The maximum absolute atomic E-state index is 6.18. The fourth-order valence-electron chi connectivity index (χ4n) is 3.76. The number of hydrogen-bond acceptors (Lipinski definition) is 2. The molecule has 106 valence electrons.